The molecule has 0 radical (unpaired) electrons. The molecule has 0 saturated heterocycles. The summed E-state index contributed by atoms with van der Waals surface area (Å²) in [4.78, 5) is 5.24. The van der Waals surface area contributed by atoms with Gasteiger partial charge in [0.05, 0.1) is 56.5 Å². The van der Waals surface area contributed by atoms with Crippen LogP contribution < -0.4 is 0 Å². The summed E-state index contributed by atoms with van der Waals surface area (Å²) in [5, 5.41) is 23.2. The molecule has 10 aromatic rings. The fourth-order valence-corrected chi connectivity index (χ4v) is 8.45. The SMILES string of the molecule is N#Cc1ccccc1-c1ccc2c3ccccc3n(-c3cc(-c4cc(C(F)(F)F)cc(C(F)(F)F)c4)cc(-n4c5ccccc5c5ccc(-c6ccccc6C#N)cc54)n3)c2c1. The van der Waals surface area contributed by atoms with Crippen LogP contribution in [0.25, 0.3) is 88.6 Å². The summed E-state index contributed by atoms with van der Waals surface area (Å²) < 4.78 is 90.0. The van der Waals surface area contributed by atoms with Crippen LogP contribution in [0.4, 0.5) is 26.3 Å². The monoisotopic (exact) mass is 823 g/mol. The minimum absolute atomic E-state index is 0.0513. The van der Waals surface area contributed by atoms with Crippen LogP contribution in [0.1, 0.15) is 22.3 Å². The summed E-state index contributed by atoms with van der Waals surface area (Å²) >= 11 is 0. The normalized spacial score (nSPS) is 12.0. The van der Waals surface area contributed by atoms with E-state index in [1.54, 1.807) is 24.3 Å². The molecule has 0 saturated carbocycles. The lowest BCUT2D eigenvalue weighted by Gasteiger charge is -2.17. The van der Waals surface area contributed by atoms with Gasteiger partial charge in [-0.1, -0.05) is 97.1 Å². The van der Waals surface area contributed by atoms with E-state index in [1.165, 1.54) is 12.1 Å². The van der Waals surface area contributed by atoms with Crippen molar-refractivity contribution in [2.75, 3.05) is 0 Å². The van der Waals surface area contributed by atoms with Crippen LogP contribution in [0.3, 0.4) is 0 Å². The molecule has 10 rings (SSSR count). The molecule has 0 N–H and O–H groups in total. The van der Waals surface area contributed by atoms with Crippen molar-refractivity contribution in [2.45, 2.75) is 12.4 Å². The first kappa shape index (κ1) is 38.1. The Morgan fingerprint density at radius 1 is 0.387 bits per heavy atom. The first-order chi connectivity index (χ1) is 29.9. The summed E-state index contributed by atoms with van der Waals surface area (Å²) in [6.07, 6.45) is -10.2. The van der Waals surface area contributed by atoms with Crippen molar-refractivity contribution in [3.8, 4) is 57.2 Å². The van der Waals surface area contributed by atoms with Crippen LogP contribution in [0.15, 0.2) is 164 Å². The Bertz CT molecular complexity index is 3320. The van der Waals surface area contributed by atoms with Gasteiger partial charge in [0.25, 0.3) is 0 Å². The standard InChI is InChI=1S/C51H27F6N5/c52-50(53,54)36-21-34(22-37(27-36)51(55,56)57)35-25-48(61-44-15-7-5-13-40(44)42-19-17-30(23-46(42)61)38-11-3-1-9-32(38)28-58)60-49(26-35)62-45-16-8-6-14-41(45)43-20-18-31(24-47(43)62)39-12-4-2-10-33(39)29-59/h1-27H. The van der Waals surface area contributed by atoms with Crippen molar-refractivity contribution in [1.82, 2.24) is 14.1 Å². The third kappa shape index (κ3) is 6.30. The van der Waals surface area contributed by atoms with Crippen molar-refractivity contribution in [2.24, 2.45) is 0 Å². The molecular formula is C51H27F6N5. The number of aromatic nitrogens is 3. The van der Waals surface area contributed by atoms with Crippen molar-refractivity contribution < 1.29 is 26.3 Å². The Labute approximate surface area is 349 Å². The molecule has 0 fully saturated rings. The second kappa shape index (κ2) is 14.3. The summed E-state index contributed by atoms with van der Waals surface area (Å²) in [5.74, 6) is 0.439. The Balaban J connectivity index is 1.33. The Morgan fingerprint density at radius 2 is 0.774 bits per heavy atom. The van der Waals surface area contributed by atoms with Crippen molar-refractivity contribution in [1.29, 1.82) is 10.5 Å². The van der Waals surface area contributed by atoms with Crippen molar-refractivity contribution in [3.63, 3.8) is 0 Å². The first-order valence-electron chi connectivity index (χ1n) is 19.3. The van der Waals surface area contributed by atoms with E-state index in [1.807, 2.05) is 118 Å². The summed E-state index contributed by atoms with van der Waals surface area (Å²) in [5.41, 5.74) is 3.19. The highest BCUT2D eigenvalue weighted by Crippen LogP contribution is 2.42. The highest BCUT2D eigenvalue weighted by molar-refractivity contribution is 6.11. The van der Waals surface area contributed by atoms with E-state index in [4.69, 9.17) is 4.98 Å². The molecule has 0 bridgehead atoms. The predicted octanol–water partition coefficient (Wildman–Crippen LogP) is 14.1. The van der Waals surface area contributed by atoms with Gasteiger partial charge in [-0.15, -0.1) is 0 Å². The molecule has 3 heterocycles. The van der Waals surface area contributed by atoms with Crippen LogP contribution in [0.5, 0.6) is 0 Å². The van der Waals surface area contributed by atoms with E-state index < -0.39 is 23.5 Å². The second-order valence-corrected chi connectivity index (χ2v) is 14.9. The van der Waals surface area contributed by atoms with Crippen LogP contribution >= 0.6 is 0 Å². The average molecular weight is 824 g/mol. The lowest BCUT2D eigenvalue weighted by Crippen LogP contribution is -2.11. The Kier molecular flexibility index (Phi) is 8.75. The van der Waals surface area contributed by atoms with Gasteiger partial charge in [0, 0.05) is 21.5 Å². The van der Waals surface area contributed by atoms with E-state index in [0.717, 1.165) is 44.8 Å². The molecule has 5 nitrogen and oxygen atoms in total. The molecule has 0 spiro atoms. The number of hydrogen-bond acceptors (Lipinski definition) is 3. The number of halogens is 6. The number of benzene rings is 7. The highest BCUT2D eigenvalue weighted by Gasteiger charge is 2.37. The molecule has 0 unspecified atom stereocenters. The smallest absolute Gasteiger partial charge is 0.294 e. The van der Waals surface area contributed by atoms with Crippen LogP contribution in [-0.2, 0) is 12.4 Å². The number of rotatable bonds is 5. The fourth-order valence-electron chi connectivity index (χ4n) is 8.45. The number of nitrogens with zero attached hydrogens (tertiary/aromatic N) is 5. The maximum atomic E-state index is 14.4. The Hall–Kier alpha value is -8.15. The second-order valence-electron chi connectivity index (χ2n) is 14.9. The number of fused-ring (bicyclic) bond motifs is 6. The summed E-state index contributed by atoms with van der Waals surface area (Å²) in [7, 11) is 0. The number of nitriles is 2. The van der Waals surface area contributed by atoms with Crippen LogP contribution in [0.2, 0.25) is 0 Å². The van der Waals surface area contributed by atoms with Gasteiger partial charge in [-0.25, -0.2) is 4.98 Å². The zero-order chi connectivity index (χ0) is 42.9. The van der Waals surface area contributed by atoms with Crippen LogP contribution in [-0.4, -0.2) is 14.1 Å². The highest BCUT2D eigenvalue weighted by atomic mass is 19.4. The number of pyridine rings is 1. The molecule has 7 aromatic carbocycles. The summed E-state index contributed by atoms with van der Waals surface area (Å²) in [6, 6.07) is 49.9. The largest absolute Gasteiger partial charge is 0.416 e. The predicted molar refractivity (Wildman–Crippen MR) is 229 cm³/mol. The molecular weight excluding hydrogens is 797 g/mol. The Morgan fingerprint density at radius 3 is 1.21 bits per heavy atom. The van der Waals surface area contributed by atoms with E-state index in [9.17, 15) is 36.9 Å². The van der Waals surface area contributed by atoms with E-state index in [2.05, 4.69) is 12.1 Å². The van der Waals surface area contributed by atoms with Gasteiger partial charge in [-0.2, -0.15) is 36.9 Å². The number of hydrogen-bond donors (Lipinski definition) is 0. The molecule has 0 aliphatic heterocycles. The van der Waals surface area contributed by atoms with E-state index in [0.29, 0.717) is 44.3 Å². The first-order valence-corrected chi connectivity index (χ1v) is 19.3. The lowest BCUT2D eigenvalue weighted by molar-refractivity contribution is -0.143. The quantitative estimate of drug-likeness (QED) is 0.162. The molecule has 62 heavy (non-hydrogen) atoms. The third-order valence-electron chi connectivity index (χ3n) is 11.2. The fraction of sp³-hybridized carbons (Fsp3) is 0.0392. The van der Waals surface area contributed by atoms with Crippen molar-refractivity contribution in [3.05, 3.63) is 186 Å². The van der Waals surface area contributed by atoms with Gasteiger partial charge in [-0.3, -0.25) is 9.13 Å². The van der Waals surface area contributed by atoms with Gasteiger partial charge < -0.3 is 0 Å². The molecule has 298 valence electrons. The number of para-hydroxylation sites is 2. The molecule has 0 aliphatic rings. The zero-order valence-corrected chi connectivity index (χ0v) is 32.1. The minimum atomic E-state index is -5.08. The molecule has 0 atom stereocenters. The van der Waals surface area contributed by atoms with E-state index >= 15 is 0 Å². The molecule has 0 amide bonds. The topological polar surface area (TPSA) is 70.3 Å². The average Bonchev–Trinajstić information content (AvgIpc) is 3.80. The van der Waals surface area contributed by atoms with E-state index in [-0.39, 0.29) is 28.8 Å². The van der Waals surface area contributed by atoms with Gasteiger partial charge in [-0.05, 0) is 100 Å². The minimum Gasteiger partial charge on any atom is -0.294 e. The maximum Gasteiger partial charge on any atom is 0.416 e. The maximum absolute atomic E-state index is 14.4. The summed E-state index contributed by atoms with van der Waals surface area (Å²) in [6.45, 7) is 0. The van der Waals surface area contributed by atoms with Gasteiger partial charge in [0.1, 0.15) is 11.6 Å². The number of alkyl halides is 6. The zero-order valence-electron chi connectivity index (χ0n) is 32.1. The van der Waals surface area contributed by atoms with Gasteiger partial charge >= 0.3 is 12.4 Å². The molecule has 11 heteroatoms. The molecule has 3 aromatic heterocycles. The van der Waals surface area contributed by atoms with Crippen LogP contribution in [0, 0.1) is 22.7 Å². The van der Waals surface area contributed by atoms with Gasteiger partial charge in [0.2, 0.25) is 0 Å². The third-order valence-corrected chi connectivity index (χ3v) is 11.2. The van der Waals surface area contributed by atoms with Gasteiger partial charge in [0.15, 0.2) is 0 Å². The molecule has 0 aliphatic carbocycles. The lowest BCUT2D eigenvalue weighted by atomic mass is 9.99. The van der Waals surface area contributed by atoms with Crippen molar-refractivity contribution >= 4 is 43.6 Å².